The van der Waals surface area contributed by atoms with E-state index in [1.54, 1.807) is 12.1 Å². The fraction of sp³-hybridized carbons (Fsp3) is 0. The minimum absolute atomic E-state index is 0.319. The average molecular weight is 143 g/mol. The number of aromatic hydroxyl groups is 1. The second kappa shape index (κ2) is 2.27. The first-order chi connectivity index (χ1) is 5.38. The molecular formula is C10H7O. The Labute approximate surface area is 64.9 Å². The van der Waals surface area contributed by atoms with Crippen molar-refractivity contribution in [2.45, 2.75) is 0 Å². The van der Waals surface area contributed by atoms with Crippen molar-refractivity contribution in [3.8, 4) is 5.75 Å². The van der Waals surface area contributed by atoms with Gasteiger partial charge in [0.15, 0.2) is 0 Å². The van der Waals surface area contributed by atoms with Gasteiger partial charge in [-0.05, 0) is 23.6 Å². The van der Waals surface area contributed by atoms with Crippen LogP contribution in [-0.4, -0.2) is 5.11 Å². The van der Waals surface area contributed by atoms with Gasteiger partial charge in [-0.25, -0.2) is 0 Å². The van der Waals surface area contributed by atoms with Crippen molar-refractivity contribution < 1.29 is 5.11 Å². The fourth-order valence-electron chi connectivity index (χ4n) is 1.14. The molecule has 0 unspecified atom stereocenters. The molecule has 2 rings (SSSR count). The summed E-state index contributed by atoms with van der Waals surface area (Å²) in [4.78, 5) is 0. The van der Waals surface area contributed by atoms with Gasteiger partial charge in [0.05, 0.1) is 0 Å². The number of hydrogen-bond acceptors (Lipinski definition) is 1. The van der Waals surface area contributed by atoms with Crippen molar-refractivity contribution in [2.75, 3.05) is 0 Å². The SMILES string of the molecule is Oc1cccc2cc[c]cc12. The summed E-state index contributed by atoms with van der Waals surface area (Å²) in [6, 6.07) is 13.9. The molecule has 1 heteroatoms. The van der Waals surface area contributed by atoms with Gasteiger partial charge in [-0.3, -0.25) is 0 Å². The number of hydrogen-bond donors (Lipinski definition) is 1. The van der Waals surface area contributed by atoms with Gasteiger partial charge in [0.25, 0.3) is 0 Å². The molecule has 0 saturated heterocycles. The van der Waals surface area contributed by atoms with E-state index in [9.17, 15) is 5.11 Å². The first-order valence-corrected chi connectivity index (χ1v) is 3.46. The molecule has 0 aliphatic rings. The molecule has 1 nitrogen and oxygen atoms in total. The van der Waals surface area contributed by atoms with E-state index in [-0.39, 0.29) is 0 Å². The Bertz CT molecular complexity index is 374. The van der Waals surface area contributed by atoms with Gasteiger partial charge in [-0.15, -0.1) is 0 Å². The molecule has 0 amide bonds. The van der Waals surface area contributed by atoms with Crippen LogP contribution < -0.4 is 0 Å². The number of phenolic OH excluding ortho intramolecular Hbond substituents is 1. The second-order valence-corrected chi connectivity index (χ2v) is 2.42. The minimum atomic E-state index is 0.319. The fourth-order valence-corrected chi connectivity index (χ4v) is 1.14. The molecule has 53 valence electrons. The lowest BCUT2D eigenvalue weighted by molar-refractivity contribution is 0.481. The van der Waals surface area contributed by atoms with Crippen LogP contribution in [-0.2, 0) is 0 Å². The lowest BCUT2D eigenvalue weighted by atomic mass is 10.1. The summed E-state index contributed by atoms with van der Waals surface area (Å²) >= 11 is 0. The molecule has 1 N–H and O–H groups in total. The highest BCUT2D eigenvalue weighted by Crippen LogP contribution is 2.22. The van der Waals surface area contributed by atoms with E-state index in [2.05, 4.69) is 6.07 Å². The lowest BCUT2D eigenvalue weighted by Crippen LogP contribution is -1.71. The number of benzene rings is 2. The van der Waals surface area contributed by atoms with E-state index in [0.29, 0.717) is 5.75 Å². The monoisotopic (exact) mass is 143 g/mol. The molecule has 0 bridgehead atoms. The molecule has 0 saturated carbocycles. The van der Waals surface area contributed by atoms with E-state index in [1.165, 1.54) is 0 Å². The summed E-state index contributed by atoms with van der Waals surface area (Å²) in [7, 11) is 0. The van der Waals surface area contributed by atoms with Crippen LogP contribution in [0.5, 0.6) is 5.75 Å². The highest BCUT2D eigenvalue weighted by atomic mass is 16.3. The molecule has 1 radical (unpaired) electrons. The summed E-state index contributed by atoms with van der Waals surface area (Å²) < 4.78 is 0. The predicted molar refractivity (Wildman–Crippen MR) is 44.4 cm³/mol. The molecule has 11 heavy (non-hydrogen) atoms. The Hall–Kier alpha value is -1.50. The first kappa shape index (κ1) is 6.23. The maximum Gasteiger partial charge on any atom is 0.123 e. The third-order valence-electron chi connectivity index (χ3n) is 1.70. The quantitative estimate of drug-likeness (QED) is 0.600. The van der Waals surface area contributed by atoms with E-state index in [1.807, 2.05) is 24.3 Å². The smallest absolute Gasteiger partial charge is 0.123 e. The van der Waals surface area contributed by atoms with E-state index >= 15 is 0 Å². The molecule has 0 aliphatic heterocycles. The van der Waals surface area contributed by atoms with Crippen LogP contribution in [0.2, 0.25) is 0 Å². The van der Waals surface area contributed by atoms with Crippen molar-refractivity contribution in [3.63, 3.8) is 0 Å². The summed E-state index contributed by atoms with van der Waals surface area (Å²) in [5.41, 5.74) is 0. The Morgan fingerprint density at radius 2 is 2.09 bits per heavy atom. The van der Waals surface area contributed by atoms with Crippen LogP contribution in [0.3, 0.4) is 0 Å². The Balaban J connectivity index is 2.91. The van der Waals surface area contributed by atoms with E-state index in [0.717, 1.165) is 10.8 Å². The maximum atomic E-state index is 9.35. The van der Waals surface area contributed by atoms with Crippen molar-refractivity contribution in [1.82, 2.24) is 0 Å². The van der Waals surface area contributed by atoms with Crippen molar-refractivity contribution in [3.05, 3.63) is 42.5 Å². The van der Waals surface area contributed by atoms with Crippen LogP contribution >= 0.6 is 0 Å². The van der Waals surface area contributed by atoms with Gasteiger partial charge >= 0.3 is 0 Å². The third-order valence-corrected chi connectivity index (χ3v) is 1.70. The molecule has 0 aliphatic carbocycles. The third kappa shape index (κ3) is 0.944. The maximum absolute atomic E-state index is 9.35. The second-order valence-electron chi connectivity index (χ2n) is 2.42. The number of rotatable bonds is 0. The molecule has 0 heterocycles. The van der Waals surface area contributed by atoms with Crippen molar-refractivity contribution in [1.29, 1.82) is 0 Å². The van der Waals surface area contributed by atoms with Crippen LogP contribution in [0.25, 0.3) is 10.8 Å². The normalized spacial score (nSPS) is 10.2. The Kier molecular flexibility index (Phi) is 1.29. The summed E-state index contributed by atoms with van der Waals surface area (Å²) in [5, 5.41) is 11.3. The zero-order chi connectivity index (χ0) is 7.68. The Morgan fingerprint density at radius 3 is 2.91 bits per heavy atom. The standard InChI is InChI=1S/C10H7O/c11-10-7-3-5-8-4-1-2-6-9(8)10/h1,3-7,11H. The topological polar surface area (TPSA) is 20.2 Å². The Morgan fingerprint density at radius 1 is 1.18 bits per heavy atom. The van der Waals surface area contributed by atoms with Crippen LogP contribution in [0, 0.1) is 6.07 Å². The molecule has 2 aromatic rings. The lowest BCUT2D eigenvalue weighted by Gasteiger charge is -1.97. The van der Waals surface area contributed by atoms with Crippen molar-refractivity contribution in [2.24, 2.45) is 0 Å². The highest BCUT2D eigenvalue weighted by Gasteiger charge is 1.94. The molecular weight excluding hydrogens is 136 g/mol. The van der Waals surface area contributed by atoms with E-state index < -0.39 is 0 Å². The summed E-state index contributed by atoms with van der Waals surface area (Å²) in [5.74, 6) is 0.319. The highest BCUT2D eigenvalue weighted by molar-refractivity contribution is 5.87. The number of fused-ring (bicyclic) bond motifs is 1. The first-order valence-electron chi connectivity index (χ1n) is 3.46. The summed E-state index contributed by atoms with van der Waals surface area (Å²) in [6.45, 7) is 0. The van der Waals surface area contributed by atoms with Crippen LogP contribution in [0.4, 0.5) is 0 Å². The van der Waals surface area contributed by atoms with Crippen molar-refractivity contribution >= 4 is 10.8 Å². The zero-order valence-corrected chi connectivity index (χ0v) is 5.91. The predicted octanol–water partition coefficient (Wildman–Crippen LogP) is 2.35. The average Bonchev–Trinajstić information content (AvgIpc) is 2.06. The zero-order valence-electron chi connectivity index (χ0n) is 5.91. The van der Waals surface area contributed by atoms with Gasteiger partial charge in [-0.2, -0.15) is 0 Å². The molecule has 2 aromatic carbocycles. The molecule has 0 atom stereocenters. The molecule has 0 aromatic heterocycles. The van der Waals surface area contributed by atoms with Crippen LogP contribution in [0.15, 0.2) is 36.4 Å². The van der Waals surface area contributed by atoms with Gasteiger partial charge < -0.3 is 5.11 Å². The molecule has 0 spiro atoms. The minimum Gasteiger partial charge on any atom is -0.507 e. The largest absolute Gasteiger partial charge is 0.507 e. The van der Waals surface area contributed by atoms with Gasteiger partial charge in [0.2, 0.25) is 0 Å². The number of phenols is 1. The summed E-state index contributed by atoms with van der Waals surface area (Å²) in [6.07, 6.45) is 0. The van der Waals surface area contributed by atoms with Gasteiger partial charge in [-0.1, -0.05) is 24.3 Å². The van der Waals surface area contributed by atoms with Gasteiger partial charge in [0.1, 0.15) is 5.75 Å². The van der Waals surface area contributed by atoms with E-state index in [4.69, 9.17) is 0 Å². The molecule has 0 fully saturated rings. The van der Waals surface area contributed by atoms with Gasteiger partial charge in [0, 0.05) is 5.39 Å². The van der Waals surface area contributed by atoms with Crippen LogP contribution in [0.1, 0.15) is 0 Å².